The second-order valence-corrected chi connectivity index (χ2v) is 5.94. The molecule has 0 spiro atoms. The van der Waals surface area contributed by atoms with E-state index in [0.717, 1.165) is 45.4 Å². The van der Waals surface area contributed by atoms with Gasteiger partial charge in [-0.3, -0.25) is 9.89 Å². The van der Waals surface area contributed by atoms with Crippen LogP contribution in [0.1, 0.15) is 13.8 Å². The van der Waals surface area contributed by atoms with Crippen molar-refractivity contribution in [3.63, 3.8) is 0 Å². The highest BCUT2D eigenvalue weighted by atomic mass is 16.5. The predicted octanol–water partition coefficient (Wildman–Crippen LogP) is 0.171. The lowest BCUT2D eigenvalue weighted by atomic mass is 10.0. The first kappa shape index (κ1) is 20.2. The highest BCUT2D eigenvalue weighted by Crippen LogP contribution is 2.12. The van der Waals surface area contributed by atoms with Gasteiger partial charge in [-0.2, -0.15) is 0 Å². The molecule has 1 aliphatic rings. The van der Waals surface area contributed by atoms with Crippen molar-refractivity contribution in [3.8, 4) is 0 Å². The lowest BCUT2D eigenvalue weighted by Crippen LogP contribution is -2.52. The predicted molar refractivity (Wildman–Crippen MR) is 93.1 cm³/mol. The molecule has 7 nitrogen and oxygen atoms in total. The normalized spacial score (nSPS) is 18.2. The Bertz CT molecular complexity index is 320. The molecule has 0 aliphatic carbocycles. The third kappa shape index (κ3) is 8.50. The minimum atomic E-state index is 0.482. The van der Waals surface area contributed by atoms with Crippen LogP contribution in [0.3, 0.4) is 0 Å². The Morgan fingerprint density at radius 2 is 1.91 bits per heavy atom. The molecule has 0 bridgehead atoms. The van der Waals surface area contributed by atoms with Crippen molar-refractivity contribution in [2.75, 3.05) is 73.4 Å². The average molecular weight is 330 g/mol. The maximum atomic E-state index is 5.45. The van der Waals surface area contributed by atoms with Crippen LogP contribution in [0.4, 0.5) is 0 Å². The van der Waals surface area contributed by atoms with Gasteiger partial charge in [-0.1, -0.05) is 13.8 Å². The second kappa shape index (κ2) is 12.5. The van der Waals surface area contributed by atoms with E-state index >= 15 is 0 Å². The molecule has 1 saturated heterocycles. The number of hydrogen-bond donors (Lipinski definition) is 2. The number of hydrogen-bond acceptors (Lipinski definition) is 5. The van der Waals surface area contributed by atoms with E-state index in [2.05, 4.69) is 34.4 Å². The first-order valence-electron chi connectivity index (χ1n) is 8.52. The van der Waals surface area contributed by atoms with Crippen molar-refractivity contribution in [1.82, 2.24) is 15.5 Å². The van der Waals surface area contributed by atoms with Gasteiger partial charge in [0.15, 0.2) is 5.96 Å². The van der Waals surface area contributed by atoms with Gasteiger partial charge in [0.05, 0.1) is 33.0 Å². The molecule has 0 aromatic heterocycles. The van der Waals surface area contributed by atoms with Gasteiger partial charge in [0.1, 0.15) is 0 Å². The van der Waals surface area contributed by atoms with Crippen molar-refractivity contribution < 1.29 is 14.2 Å². The van der Waals surface area contributed by atoms with E-state index in [4.69, 9.17) is 14.2 Å². The molecule has 0 radical (unpaired) electrons. The summed E-state index contributed by atoms with van der Waals surface area (Å²) < 4.78 is 15.8. The fourth-order valence-corrected chi connectivity index (χ4v) is 2.60. The Hall–Kier alpha value is -0.890. The number of nitrogens with zero attached hydrogens (tertiary/aromatic N) is 2. The van der Waals surface area contributed by atoms with Crippen molar-refractivity contribution in [1.29, 1.82) is 0 Å². The molecular weight excluding hydrogens is 296 g/mol. The lowest BCUT2D eigenvalue weighted by molar-refractivity contribution is 0.00751. The lowest BCUT2D eigenvalue weighted by Gasteiger charge is -2.37. The zero-order valence-electron chi connectivity index (χ0n) is 15.1. The van der Waals surface area contributed by atoms with E-state index in [1.54, 1.807) is 14.2 Å². The highest BCUT2D eigenvalue weighted by molar-refractivity contribution is 5.79. The Labute approximate surface area is 140 Å². The van der Waals surface area contributed by atoms with Crippen molar-refractivity contribution in [2.24, 2.45) is 10.9 Å². The first-order valence-corrected chi connectivity index (χ1v) is 8.52. The third-order valence-corrected chi connectivity index (χ3v) is 3.96. The fourth-order valence-electron chi connectivity index (χ4n) is 2.60. The monoisotopic (exact) mass is 330 g/mol. The zero-order valence-corrected chi connectivity index (χ0v) is 15.1. The maximum Gasteiger partial charge on any atom is 0.191 e. The van der Waals surface area contributed by atoms with Crippen LogP contribution in [-0.4, -0.2) is 90.3 Å². The number of nitrogens with one attached hydrogen (secondary N) is 2. The molecule has 1 unspecified atom stereocenters. The van der Waals surface area contributed by atoms with Gasteiger partial charge >= 0.3 is 0 Å². The summed E-state index contributed by atoms with van der Waals surface area (Å²) in [6.07, 6.45) is 0. The number of aliphatic imine (C=N–C) groups is 1. The molecule has 0 saturated carbocycles. The molecule has 136 valence electrons. The second-order valence-electron chi connectivity index (χ2n) is 5.94. The minimum Gasteiger partial charge on any atom is -0.382 e. The standard InChI is InChI=1S/C16H34N4O3/c1-14(2)15(20-6-9-23-10-7-20)13-19-16(17-3)18-5-8-22-12-11-21-4/h14-15H,5-13H2,1-4H3,(H2,17,18,19). The summed E-state index contributed by atoms with van der Waals surface area (Å²) in [6, 6.07) is 0.482. The molecule has 0 aromatic carbocycles. The average Bonchev–Trinajstić information content (AvgIpc) is 2.57. The minimum absolute atomic E-state index is 0.482. The van der Waals surface area contributed by atoms with Crippen LogP contribution in [0, 0.1) is 5.92 Å². The molecule has 1 rings (SSSR count). The van der Waals surface area contributed by atoms with Gasteiger partial charge in [0.25, 0.3) is 0 Å². The van der Waals surface area contributed by atoms with E-state index < -0.39 is 0 Å². The topological polar surface area (TPSA) is 67.4 Å². The van der Waals surface area contributed by atoms with Crippen LogP contribution in [0.15, 0.2) is 4.99 Å². The Kier molecular flexibility index (Phi) is 11.0. The quantitative estimate of drug-likeness (QED) is 0.338. The summed E-state index contributed by atoms with van der Waals surface area (Å²) >= 11 is 0. The van der Waals surface area contributed by atoms with E-state index in [0.29, 0.717) is 31.8 Å². The largest absolute Gasteiger partial charge is 0.382 e. The van der Waals surface area contributed by atoms with Crippen LogP contribution < -0.4 is 10.6 Å². The van der Waals surface area contributed by atoms with E-state index in [9.17, 15) is 0 Å². The fraction of sp³-hybridized carbons (Fsp3) is 0.938. The number of rotatable bonds is 10. The van der Waals surface area contributed by atoms with Gasteiger partial charge < -0.3 is 24.8 Å². The smallest absolute Gasteiger partial charge is 0.191 e. The Morgan fingerprint density at radius 1 is 1.17 bits per heavy atom. The molecular formula is C16H34N4O3. The SMILES string of the molecule is CN=C(NCCOCCOC)NCC(C(C)C)N1CCOCC1. The summed E-state index contributed by atoms with van der Waals surface area (Å²) in [7, 11) is 3.47. The van der Waals surface area contributed by atoms with Gasteiger partial charge in [0, 0.05) is 46.4 Å². The van der Waals surface area contributed by atoms with E-state index in [-0.39, 0.29) is 0 Å². The van der Waals surface area contributed by atoms with E-state index in [1.165, 1.54) is 0 Å². The van der Waals surface area contributed by atoms with Crippen LogP contribution in [0.25, 0.3) is 0 Å². The molecule has 0 amide bonds. The summed E-state index contributed by atoms with van der Waals surface area (Å²) in [5.74, 6) is 1.40. The molecule has 23 heavy (non-hydrogen) atoms. The molecule has 7 heteroatoms. The third-order valence-electron chi connectivity index (χ3n) is 3.96. The van der Waals surface area contributed by atoms with Gasteiger partial charge in [0.2, 0.25) is 0 Å². The van der Waals surface area contributed by atoms with Crippen LogP contribution >= 0.6 is 0 Å². The molecule has 1 fully saturated rings. The summed E-state index contributed by atoms with van der Waals surface area (Å²) in [4.78, 5) is 6.77. The summed E-state index contributed by atoms with van der Waals surface area (Å²) in [6.45, 7) is 11.7. The molecule has 1 heterocycles. The van der Waals surface area contributed by atoms with Gasteiger partial charge in [-0.15, -0.1) is 0 Å². The molecule has 0 aromatic rings. The number of ether oxygens (including phenoxy) is 3. The Morgan fingerprint density at radius 3 is 2.52 bits per heavy atom. The molecule has 1 aliphatic heterocycles. The van der Waals surface area contributed by atoms with Crippen molar-refractivity contribution in [3.05, 3.63) is 0 Å². The zero-order chi connectivity index (χ0) is 16.9. The van der Waals surface area contributed by atoms with Crippen LogP contribution in [-0.2, 0) is 14.2 Å². The maximum absolute atomic E-state index is 5.45. The highest BCUT2D eigenvalue weighted by Gasteiger charge is 2.23. The first-order chi connectivity index (χ1) is 11.2. The number of morpholine rings is 1. The molecule has 1 atom stereocenters. The Balaban J connectivity index is 2.27. The van der Waals surface area contributed by atoms with Crippen molar-refractivity contribution in [2.45, 2.75) is 19.9 Å². The molecule has 2 N–H and O–H groups in total. The van der Waals surface area contributed by atoms with Crippen LogP contribution in [0.5, 0.6) is 0 Å². The van der Waals surface area contributed by atoms with Gasteiger partial charge in [-0.05, 0) is 5.92 Å². The van der Waals surface area contributed by atoms with E-state index in [1.807, 2.05) is 0 Å². The van der Waals surface area contributed by atoms with Crippen molar-refractivity contribution >= 4 is 5.96 Å². The van der Waals surface area contributed by atoms with Gasteiger partial charge in [-0.25, -0.2) is 0 Å². The summed E-state index contributed by atoms with van der Waals surface area (Å²) in [5.41, 5.74) is 0. The number of methoxy groups -OCH3 is 1. The summed E-state index contributed by atoms with van der Waals surface area (Å²) in [5, 5.41) is 6.70. The number of guanidine groups is 1. The van der Waals surface area contributed by atoms with Crippen LogP contribution in [0.2, 0.25) is 0 Å².